The third-order valence-electron chi connectivity index (χ3n) is 2.72. The Balaban J connectivity index is 2.18. The van der Waals surface area contributed by atoms with Gasteiger partial charge in [0.2, 0.25) is 0 Å². The van der Waals surface area contributed by atoms with Gasteiger partial charge in [-0.2, -0.15) is 0 Å². The van der Waals surface area contributed by atoms with Crippen LogP contribution in [0.1, 0.15) is 39.5 Å². The van der Waals surface area contributed by atoms with E-state index in [1.165, 1.54) is 25.7 Å². The van der Waals surface area contributed by atoms with Gasteiger partial charge in [0.05, 0.1) is 12.7 Å². The van der Waals surface area contributed by atoms with Crippen molar-refractivity contribution in [1.29, 1.82) is 0 Å². The highest BCUT2D eigenvalue weighted by atomic mass is 35.5. The number of hydrogen-bond donors (Lipinski definition) is 0. The third kappa shape index (κ3) is 3.32. The summed E-state index contributed by atoms with van der Waals surface area (Å²) >= 11 is 5.55. The van der Waals surface area contributed by atoms with Gasteiger partial charge >= 0.3 is 0 Å². The van der Waals surface area contributed by atoms with Crippen molar-refractivity contribution in [2.75, 3.05) is 12.5 Å². The van der Waals surface area contributed by atoms with Crippen LogP contribution in [-0.2, 0) is 4.74 Å². The fourth-order valence-electron chi connectivity index (χ4n) is 1.75. The van der Waals surface area contributed by atoms with Crippen LogP contribution >= 0.6 is 11.6 Å². The Morgan fingerprint density at radius 3 is 2.42 bits per heavy atom. The first-order chi connectivity index (χ1) is 5.64. The van der Waals surface area contributed by atoms with Crippen molar-refractivity contribution in [3.05, 3.63) is 0 Å². The van der Waals surface area contributed by atoms with Crippen molar-refractivity contribution < 1.29 is 4.74 Å². The molecule has 12 heavy (non-hydrogen) atoms. The zero-order valence-electron chi connectivity index (χ0n) is 8.11. The van der Waals surface area contributed by atoms with Gasteiger partial charge in [-0.1, -0.05) is 13.8 Å². The normalized spacial score (nSPS) is 24.2. The zero-order chi connectivity index (χ0) is 9.03. The number of rotatable bonds is 3. The Morgan fingerprint density at radius 2 is 1.92 bits per heavy atom. The molecule has 0 saturated heterocycles. The Kier molecular flexibility index (Phi) is 3.85. The summed E-state index contributed by atoms with van der Waals surface area (Å²) in [5.41, 5.74) is 0.542. The molecule has 0 aromatic rings. The maximum absolute atomic E-state index is 5.59. The van der Waals surface area contributed by atoms with Crippen LogP contribution in [0.3, 0.4) is 0 Å². The second-order valence-electron chi connectivity index (χ2n) is 4.42. The molecular formula is C10H19ClO. The van der Waals surface area contributed by atoms with Crippen LogP contribution in [-0.4, -0.2) is 18.6 Å². The number of halogens is 1. The van der Waals surface area contributed by atoms with E-state index in [9.17, 15) is 0 Å². The highest BCUT2D eigenvalue weighted by Gasteiger charge is 2.26. The lowest BCUT2D eigenvalue weighted by Gasteiger charge is -2.34. The van der Waals surface area contributed by atoms with Gasteiger partial charge in [0.1, 0.15) is 0 Å². The van der Waals surface area contributed by atoms with E-state index in [1.807, 2.05) is 0 Å². The van der Waals surface area contributed by atoms with Crippen LogP contribution in [0.5, 0.6) is 0 Å². The molecule has 0 radical (unpaired) electrons. The Hall–Kier alpha value is 0.250. The average molecular weight is 191 g/mol. The van der Waals surface area contributed by atoms with Gasteiger partial charge in [-0.15, -0.1) is 11.6 Å². The Bertz CT molecular complexity index is 124. The fourth-order valence-corrected chi connectivity index (χ4v) is 1.84. The first kappa shape index (κ1) is 10.3. The van der Waals surface area contributed by atoms with Gasteiger partial charge in [-0.3, -0.25) is 0 Å². The van der Waals surface area contributed by atoms with Crippen molar-refractivity contribution >= 4 is 11.6 Å². The van der Waals surface area contributed by atoms with E-state index in [4.69, 9.17) is 16.3 Å². The third-order valence-corrected chi connectivity index (χ3v) is 2.87. The number of hydrogen-bond acceptors (Lipinski definition) is 1. The largest absolute Gasteiger partial charge is 0.377 e. The fraction of sp³-hybridized carbons (Fsp3) is 1.00. The molecule has 0 spiro atoms. The minimum absolute atomic E-state index is 0.483. The number of alkyl halides is 1. The average Bonchev–Trinajstić information content (AvgIpc) is 2.03. The van der Waals surface area contributed by atoms with Gasteiger partial charge in [0.25, 0.3) is 0 Å². The molecule has 1 saturated carbocycles. The quantitative estimate of drug-likeness (QED) is 0.621. The maximum atomic E-state index is 5.59. The molecule has 1 rings (SSSR count). The summed E-state index contributed by atoms with van der Waals surface area (Å²) in [5.74, 6) is 0.625. The Labute approximate surface area is 80.4 Å². The topological polar surface area (TPSA) is 9.23 Å². The summed E-state index contributed by atoms with van der Waals surface area (Å²) in [6, 6.07) is 0. The molecule has 0 bridgehead atoms. The lowest BCUT2D eigenvalue weighted by Crippen LogP contribution is -2.26. The first-order valence-electron chi connectivity index (χ1n) is 4.82. The van der Waals surface area contributed by atoms with Crippen LogP contribution in [0, 0.1) is 5.41 Å². The molecular weight excluding hydrogens is 172 g/mol. The molecule has 0 aliphatic heterocycles. The summed E-state index contributed by atoms with van der Waals surface area (Å²) in [5, 5.41) is 0. The van der Waals surface area contributed by atoms with Crippen molar-refractivity contribution in [2.24, 2.45) is 5.41 Å². The molecule has 2 heteroatoms. The van der Waals surface area contributed by atoms with Crippen molar-refractivity contribution in [2.45, 2.75) is 45.6 Å². The molecule has 0 N–H and O–H groups in total. The molecule has 0 atom stereocenters. The van der Waals surface area contributed by atoms with E-state index in [2.05, 4.69) is 13.8 Å². The molecule has 0 amide bonds. The van der Waals surface area contributed by atoms with Crippen LogP contribution in [0.2, 0.25) is 0 Å². The second kappa shape index (κ2) is 4.48. The lowest BCUT2D eigenvalue weighted by molar-refractivity contribution is 0.0120. The minimum atomic E-state index is 0.483. The van der Waals surface area contributed by atoms with E-state index in [-0.39, 0.29) is 0 Å². The van der Waals surface area contributed by atoms with E-state index in [1.54, 1.807) is 0 Å². The van der Waals surface area contributed by atoms with Gasteiger partial charge in [0.15, 0.2) is 0 Å². The van der Waals surface area contributed by atoms with Gasteiger partial charge < -0.3 is 4.74 Å². The predicted octanol–water partition coefficient (Wildman–Crippen LogP) is 3.21. The monoisotopic (exact) mass is 190 g/mol. The van der Waals surface area contributed by atoms with Gasteiger partial charge in [-0.25, -0.2) is 0 Å². The SMILES string of the molecule is CC1(C)CCC(OCCCl)CC1. The van der Waals surface area contributed by atoms with E-state index in [0.717, 1.165) is 0 Å². The van der Waals surface area contributed by atoms with Crippen molar-refractivity contribution in [3.8, 4) is 0 Å². The molecule has 0 unspecified atom stereocenters. The molecule has 0 aromatic heterocycles. The van der Waals surface area contributed by atoms with Gasteiger partial charge in [0, 0.05) is 5.88 Å². The summed E-state index contributed by atoms with van der Waals surface area (Å²) in [6.07, 6.45) is 5.49. The zero-order valence-corrected chi connectivity index (χ0v) is 8.86. The highest BCUT2D eigenvalue weighted by Crippen LogP contribution is 2.35. The predicted molar refractivity (Wildman–Crippen MR) is 52.7 cm³/mol. The van der Waals surface area contributed by atoms with E-state index >= 15 is 0 Å². The van der Waals surface area contributed by atoms with Crippen LogP contribution in [0.15, 0.2) is 0 Å². The van der Waals surface area contributed by atoms with Crippen LogP contribution in [0.25, 0.3) is 0 Å². The maximum Gasteiger partial charge on any atom is 0.0605 e. The molecule has 1 aliphatic carbocycles. The number of ether oxygens (including phenoxy) is 1. The Morgan fingerprint density at radius 1 is 1.33 bits per heavy atom. The molecule has 1 fully saturated rings. The standard InChI is InChI=1S/C10H19ClO/c1-10(2)5-3-9(4-6-10)12-8-7-11/h9H,3-8H2,1-2H3. The van der Waals surface area contributed by atoms with Gasteiger partial charge in [-0.05, 0) is 31.1 Å². The molecule has 1 nitrogen and oxygen atoms in total. The van der Waals surface area contributed by atoms with E-state index in [0.29, 0.717) is 24.0 Å². The highest BCUT2D eigenvalue weighted by molar-refractivity contribution is 6.17. The summed E-state index contributed by atoms with van der Waals surface area (Å²) in [4.78, 5) is 0. The summed E-state index contributed by atoms with van der Waals surface area (Å²) in [7, 11) is 0. The molecule has 0 heterocycles. The van der Waals surface area contributed by atoms with Crippen molar-refractivity contribution in [3.63, 3.8) is 0 Å². The second-order valence-corrected chi connectivity index (χ2v) is 4.80. The summed E-state index contributed by atoms with van der Waals surface area (Å²) < 4.78 is 5.59. The van der Waals surface area contributed by atoms with Crippen molar-refractivity contribution in [1.82, 2.24) is 0 Å². The van der Waals surface area contributed by atoms with Crippen LogP contribution in [0.4, 0.5) is 0 Å². The molecule has 72 valence electrons. The smallest absolute Gasteiger partial charge is 0.0605 e. The van der Waals surface area contributed by atoms with Crippen LogP contribution < -0.4 is 0 Å². The molecule has 0 aromatic carbocycles. The lowest BCUT2D eigenvalue weighted by atomic mass is 9.76. The van der Waals surface area contributed by atoms with E-state index < -0.39 is 0 Å². The minimum Gasteiger partial charge on any atom is -0.377 e. The summed E-state index contributed by atoms with van der Waals surface area (Å²) in [6.45, 7) is 5.39. The first-order valence-corrected chi connectivity index (χ1v) is 5.35. The molecule has 1 aliphatic rings.